The maximum Gasteiger partial charge on any atom is -0.0262 e. The van der Waals surface area contributed by atoms with E-state index in [-0.39, 0.29) is 0 Å². The van der Waals surface area contributed by atoms with Crippen LogP contribution in [-0.2, 0) is 0 Å². The lowest BCUT2D eigenvalue weighted by atomic mass is 10.1. The summed E-state index contributed by atoms with van der Waals surface area (Å²) in [5.41, 5.74) is 0. The van der Waals surface area contributed by atoms with Crippen molar-refractivity contribution >= 4 is 0 Å². The molecule has 0 fully saturated rings. The lowest BCUT2D eigenvalue weighted by Crippen LogP contribution is -1.78. The average Bonchev–Trinajstić information content (AvgIpc) is 1.95. The van der Waals surface area contributed by atoms with Crippen molar-refractivity contribution < 1.29 is 0 Å². The second kappa shape index (κ2) is 7.15. The maximum atomic E-state index is 3.88. The second-order valence-electron chi connectivity index (χ2n) is 3.65. The smallest absolute Gasteiger partial charge is 0.0262 e. The van der Waals surface area contributed by atoms with Gasteiger partial charge in [-0.25, -0.2) is 0 Å². The monoisotopic (exact) mass is 165 g/mol. The van der Waals surface area contributed by atoms with E-state index >= 15 is 0 Å². The van der Waals surface area contributed by atoms with E-state index in [9.17, 15) is 0 Å². The van der Waals surface area contributed by atoms with Crippen LogP contribution in [0.1, 0.15) is 33.6 Å². The van der Waals surface area contributed by atoms with Crippen LogP contribution in [0.5, 0.6) is 0 Å². The molecule has 0 saturated heterocycles. The highest BCUT2D eigenvalue weighted by molar-refractivity contribution is 4.91. The number of hydrogen-bond donors (Lipinski definition) is 0. The summed E-state index contributed by atoms with van der Waals surface area (Å²) in [4.78, 5) is 0. The standard InChI is InChI=1S/C12H21/c1-11(2)9-7-5-6-8-10-12(3)4/h7-12H,1,5-6H2,2-4H3. The van der Waals surface area contributed by atoms with Crippen molar-refractivity contribution in [1.82, 2.24) is 0 Å². The molecular formula is C12H21. The summed E-state index contributed by atoms with van der Waals surface area (Å²) in [6.07, 6.45) is 11.2. The van der Waals surface area contributed by atoms with Crippen molar-refractivity contribution in [3.8, 4) is 0 Å². The molecule has 12 heavy (non-hydrogen) atoms. The molecule has 0 aliphatic rings. The molecule has 0 heterocycles. The van der Waals surface area contributed by atoms with Crippen LogP contribution in [-0.4, -0.2) is 0 Å². The largest absolute Gasteiger partial charge is 0.0880 e. The van der Waals surface area contributed by atoms with Gasteiger partial charge in [-0.15, -0.1) is 0 Å². The Morgan fingerprint density at radius 3 is 1.92 bits per heavy atom. The molecule has 69 valence electrons. The number of unbranched alkanes of at least 4 members (excludes halogenated alkanes) is 1. The summed E-state index contributed by atoms with van der Waals surface area (Å²) in [5, 5.41) is 0. The zero-order valence-electron chi connectivity index (χ0n) is 8.59. The van der Waals surface area contributed by atoms with E-state index in [1.165, 1.54) is 0 Å². The van der Waals surface area contributed by atoms with Crippen LogP contribution >= 0.6 is 0 Å². The van der Waals surface area contributed by atoms with Crippen molar-refractivity contribution in [3.05, 3.63) is 31.2 Å². The fourth-order valence-electron chi connectivity index (χ4n) is 0.889. The molecule has 0 heteroatoms. The highest BCUT2D eigenvalue weighted by Gasteiger charge is 1.84. The zero-order valence-corrected chi connectivity index (χ0v) is 8.59. The molecule has 1 unspecified atom stereocenters. The third-order valence-corrected chi connectivity index (χ3v) is 1.49. The van der Waals surface area contributed by atoms with Crippen LogP contribution in [0.4, 0.5) is 0 Å². The Balaban J connectivity index is 3.32. The predicted octanol–water partition coefficient (Wildman–Crippen LogP) is 4.01. The van der Waals surface area contributed by atoms with Crippen molar-refractivity contribution in [2.24, 2.45) is 11.8 Å². The van der Waals surface area contributed by atoms with Crippen LogP contribution in [0.15, 0.2) is 24.3 Å². The first-order valence-corrected chi connectivity index (χ1v) is 4.79. The van der Waals surface area contributed by atoms with Crippen molar-refractivity contribution in [2.45, 2.75) is 33.6 Å². The SMILES string of the molecule is [CH2]C(C)C=CCCC=CC(C)C. The van der Waals surface area contributed by atoms with Crippen LogP contribution < -0.4 is 0 Å². The van der Waals surface area contributed by atoms with Gasteiger partial charge in [0.2, 0.25) is 0 Å². The summed E-state index contributed by atoms with van der Waals surface area (Å²) < 4.78 is 0. The predicted molar refractivity (Wildman–Crippen MR) is 56.9 cm³/mol. The normalized spacial score (nSPS) is 12.8. The topological polar surface area (TPSA) is 0 Å². The molecule has 0 bridgehead atoms. The van der Waals surface area contributed by atoms with Crippen LogP contribution in [0.25, 0.3) is 0 Å². The van der Waals surface area contributed by atoms with Crippen LogP contribution in [0, 0.1) is 18.8 Å². The Morgan fingerprint density at radius 1 is 1.00 bits per heavy atom. The zero-order chi connectivity index (χ0) is 9.40. The van der Waals surface area contributed by atoms with Crippen LogP contribution in [0.2, 0.25) is 0 Å². The molecule has 0 aliphatic carbocycles. The van der Waals surface area contributed by atoms with E-state index in [0.29, 0.717) is 11.8 Å². The Morgan fingerprint density at radius 2 is 1.50 bits per heavy atom. The Kier molecular flexibility index (Phi) is 6.84. The first-order valence-electron chi connectivity index (χ1n) is 4.79. The molecule has 0 saturated carbocycles. The van der Waals surface area contributed by atoms with Gasteiger partial charge in [-0.2, -0.15) is 0 Å². The molecule has 0 aromatic heterocycles. The van der Waals surface area contributed by atoms with E-state index < -0.39 is 0 Å². The van der Waals surface area contributed by atoms with E-state index in [1.54, 1.807) is 0 Å². The minimum Gasteiger partial charge on any atom is -0.0880 e. The number of allylic oxidation sites excluding steroid dienone is 4. The van der Waals surface area contributed by atoms with Gasteiger partial charge < -0.3 is 0 Å². The van der Waals surface area contributed by atoms with Gasteiger partial charge >= 0.3 is 0 Å². The van der Waals surface area contributed by atoms with Gasteiger partial charge in [0.25, 0.3) is 0 Å². The quantitative estimate of drug-likeness (QED) is 0.426. The Labute approximate surface area is 77.4 Å². The van der Waals surface area contributed by atoms with Crippen LogP contribution in [0.3, 0.4) is 0 Å². The molecule has 0 aliphatic heterocycles. The lowest BCUT2D eigenvalue weighted by Gasteiger charge is -1.94. The Bertz CT molecular complexity index is 120. The van der Waals surface area contributed by atoms with Gasteiger partial charge in [0, 0.05) is 0 Å². The van der Waals surface area contributed by atoms with E-state index in [4.69, 9.17) is 0 Å². The summed E-state index contributed by atoms with van der Waals surface area (Å²) >= 11 is 0. The van der Waals surface area contributed by atoms with E-state index in [0.717, 1.165) is 12.8 Å². The molecule has 0 aromatic rings. The second-order valence-corrected chi connectivity index (χ2v) is 3.65. The molecule has 1 atom stereocenters. The maximum absolute atomic E-state index is 3.88. The fourth-order valence-corrected chi connectivity index (χ4v) is 0.889. The highest BCUT2D eigenvalue weighted by Crippen LogP contribution is 2.00. The first-order chi connectivity index (χ1) is 5.63. The van der Waals surface area contributed by atoms with Gasteiger partial charge in [0.05, 0.1) is 0 Å². The van der Waals surface area contributed by atoms with Gasteiger partial charge in [-0.1, -0.05) is 45.1 Å². The van der Waals surface area contributed by atoms with E-state index in [2.05, 4.69) is 52.0 Å². The average molecular weight is 165 g/mol. The van der Waals surface area contributed by atoms with Crippen molar-refractivity contribution in [1.29, 1.82) is 0 Å². The lowest BCUT2D eigenvalue weighted by molar-refractivity contribution is 0.822. The molecule has 0 N–H and O–H groups in total. The van der Waals surface area contributed by atoms with Crippen molar-refractivity contribution in [2.75, 3.05) is 0 Å². The molecule has 0 rings (SSSR count). The van der Waals surface area contributed by atoms with E-state index in [1.807, 2.05) is 0 Å². The van der Waals surface area contributed by atoms with Gasteiger partial charge in [-0.3, -0.25) is 0 Å². The highest BCUT2D eigenvalue weighted by atomic mass is 13.9. The number of hydrogen-bond acceptors (Lipinski definition) is 0. The summed E-state index contributed by atoms with van der Waals surface area (Å²) in [6.45, 7) is 10.4. The molecule has 1 radical (unpaired) electrons. The van der Waals surface area contributed by atoms with Crippen molar-refractivity contribution in [3.63, 3.8) is 0 Å². The summed E-state index contributed by atoms with van der Waals surface area (Å²) in [7, 11) is 0. The Hall–Kier alpha value is -0.520. The van der Waals surface area contributed by atoms with Gasteiger partial charge in [-0.05, 0) is 31.6 Å². The summed E-state index contributed by atoms with van der Waals surface area (Å²) in [5.74, 6) is 1.12. The minimum absolute atomic E-state index is 0.444. The first kappa shape index (κ1) is 11.5. The molecule has 0 spiro atoms. The van der Waals surface area contributed by atoms with Gasteiger partial charge in [0.15, 0.2) is 0 Å². The molecule has 0 nitrogen and oxygen atoms in total. The third-order valence-electron chi connectivity index (χ3n) is 1.49. The summed E-state index contributed by atoms with van der Waals surface area (Å²) in [6, 6.07) is 0. The third kappa shape index (κ3) is 9.48. The molecular weight excluding hydrogens is 144 g/mol. The fraction of sp³-hybridized carbons (Fsp3) is 0.583. The minimum atomic E-state index is 0.444. The molecule has 0 amide bonds. The molecule has 0 aromatic carbocycles. The number of rotatable bonds is 5. The van der Waals surface area contributed by atoms with Gasteiger partial charge in [0.1, 0.15) is 0 Å².